The van der Waals surface area contributed by atoms with Gasteiger partial charge in [0.15, 0.2) is 0 Å². The molecule has 9 heteroatoms. The van der Waals surface area contributed by atoms with Gasteiger partial charge in [-0.3, -0.25) is 0 Å². The number of nitriles is 1. The molecule has 3 aromatic rings. The lowest BCUT2D eigenvalue weighted by Crippen LogP contribution is -2.18. The molecule has 0 atom stereocenters. The second-order valence-corrected chi connectivity index (χ2v) is 9.91. The normalized spacial score (nSPS) is 15.1. The Kier molecular flexibility index (Phi) is 5.42. The smallest absolute Gasteiger partial charge is 0.360 e. The van der Waals surface area contributed by atoms with E-state index in [-0.39, 0.29) is 17.7 Å². The van der Waals surface area contributed by atoms with Crippen molar-refractivity contribution in [3.8, 4) is 17.3 Å². The lowest BCUT2D eigenvalue weighted by molar-refractivity contribution is -0.137. The first-order valence-electron chi connectivity index (χ1n) is 9.72. The molecule has 4 rings (SSSR count). The average molecular weight is 431 g/mol. The molecule has 2 aromatic heterocycles. The summed E-state index contributed by atoms with van der Waals surface area (Å²) in [5, 5.41) is 14.1. The maximum absolute atomic E-state index is 13.8. The number of aromatic amines is 1. The predicted octanol–water partition coefficient (Wildman–Crippen LogP) is 5.24. The van der Waals surface area contributed by atoms with Crippen LogP contribution in [0.5, 0.6) is 0 Å². The summed E-state index contributed by atoms with van der Waals surface area (Å²) in [6.07, 6.45) is 1.93. The van der Waals surface area contributed by atoms with Crippen LogP contribution < -0.4 is 10.6 Å². The molecule has 0 spiro atoms. The summed E-state index contributed by atoms with van der Waals surface area (Å²) in [4.78, 5) is 11.3. The van der Waals surface area contributed by atoms with Crippen molar-refractivity contribution in [2.45, 2.75) is 37.9 Å². The second-order valence-electron chi connectivity index (χ2n) is 7.67. The van der Waals surface area contributed by atoms with Gasteiger partial charge in [0.05, 0.1) is 22.8 Å². The Bertz CT molecular complexity index is 1120. The van der Waals surface area contributed by atoms with Crippen LogP contribution in [0.25, 0.3) is 22.2 Å². The minimum absolute atomic E-state index is 0.156. The van der Waals surface area contributed by atoms with Gasteiger partial charge in [-0.15, -0.1) is 0 Å². The van der Waals surface area contributed by atoms with Crippen LogP contribution in [0.3, 0.4) is 0 Å². The maximum atomic E-state index is 13.8. The van der Waals surface area contributed by atoms with Crippen molar-refractivity contribution in [1.29, 1.82) is 5.26 Å². The molecule has 0 saturated heterocycles. The molecule has 1 saturated carbocycles. The molecule has 1 aliphatic rings. The van der Waals surface area contributed by atoms with E-state index in [0.717, 1.165) is 37.2 Å². The summed E-state index contributed by atoms with van der Waals surface area (Å²) in [6.45, 7) is 4.03. The van der Waals surface area contributed by atoms with Gasteiger partial charge in [0.2, 0.25) is 5.95 Å². The van der Waals surface area contributed by atoms with Crippen molar-refractivity contribution < 1.29 is 13.2 Å². The van der Waals surface area contributed by atoms with Gasteiger partial charge < -0.3 is 10.3 Å². The number of aromatic nitrogens is 3. The highest BCUT2D eigenvalue weighted by atomic mass is 31.1. The van der Waals surface area contributed by atoms with E-state index >= 15 is 0 Å². The standard InChI is InChI=1S/C21H21F3N5P/c1-30(2)19-12(9-25)7-8-14-15(10-26-18(14)19)17-16(21(22,23)24)11-27-20(29-17)28-13-5-3-4-6-13/h7-8,10-11,13,26H,3-6H2,1-2H3,(H,27,28,29). The van der Waals surface area contributed by atoms with E-state index in [1.165, 1.54) is 0 Å². The number of benzene rings is 1. The highest BCUT2D eigenvalue weighted by Gasteiger charge is 2.36. The van der Waals surface area contributed by atoms with Crippen LogP contribution in [-0.4, -0.2) is 34.3 Å². The Hall–Kier alpha value is -2.65. The van der Waals surface area contributed by atoms with Gasteiger partial charge in [0, 0.05) is 34.7 Å². The molecule has 0 radical (unpaired) electrons. The predicted molar refractivity (Wildman–Crippen MR) is 113 cm³/mol. The lowest BCUT2D eigenvalue weighted by atomic mass is 10.0. The molecule has 30 heavy (non-hydrogen) atoms. The number of hydrogen-bond acceptors (Lipinski definition) is 4. The molecular formula is C21H21F3N5P. The molecule has 1 aromatic carbocycles. The Balaban J connectivity index is 1.89. The fourth-order valence-corrected chi connectivity index (χ4v) is 5.29. The van der Waals surface area contributed by atoms with Gasteiger partial charge in [0.25, 0.3) is 0 Å². The first kappa shape index (κ1) is 20.6. The van der Waals surface area contributed by atoms with Crippen molar-refractivity contribution in [2.75, 3.05) is 18.6 Å². The third-order valence-corrected chi connectivity index (χ3v) is 6.79. The van der Waals surface area contributed by atoms with Crippen LogP contribution in [0.15, 0.2) is 24.5 Å². The first-order valence-corrected chi connectivity index (χ1v) is 12.0. The van der Waals surface area contributed by atoms with Crippen LogP contribution in [0.1, 0.15) is 36.8 Å². The molecule has 156 valence electrons. The minimum atomic E-state index is -4.58. The minimum Gasteiger partial charge on any atom is -0.360 e. The zero-order valence-electron chi connectivity index (χ0n) is 16.6. The highest BCUT2D eigenvalue weighted by Crippen LogP contribution is 2.40. The van der Waals surface area contributed by atoms with E-state index in [2.05, 4.69) is 26.3 Å². The Morgan fingerprint density at radius 1 is 1.23 bits per heavy atom. The van der Waals surface area contributed by atoms with Gasteiger partial charge >= 0.3 is 6.18 Å². The number of nitrogens with one attached hydrogen (secondary N) is 2. The summed E-state index contributed by atoms with van der Waals surface area (Å²) in [6, 6.07) is 5.73. The third kappa shape index (κ3) is 3.75. The molecule has 1 aliphatic carbocycles. The van der Waals surface area contributed by atoms with Gasteiger partial charge in [-0.2, -0.15) is 18.4 Å². The summed E-state index contributed by atoms with van der Waals surface area (Å²) in [5.74, 6) is 0.210. The number of hydrogen-bond donors (Lipinski definition) is 2. The maximum Gasteiger partial charge on any atom is 0.419 e. The van der Waals surface area contributed by atoms with E-state index in [0.29, 0.717) is 22.0 Å². The van der Waals surface area contributed by atoms with E-state index in [9.17, 15) is 18.4 Å². The van der Waals surface area contributed by atoms with Gasteiger partial charge in [-0.1, -0.05) is 26.8 Å². The van der Waals surface area contributed by atoms with Crippen LogP contribution in [0.2, 0.25) is 0 Å². The SMILES string of the molecule is CP(C)c1c(C#N)ccc2c(-c3nc(NC4CCCC4)ncc3C(F)(F)F)c[nH]c12. The molecule has 1 fully saturated rings. The molecule has 5 nitrogen and oxygen atoms in total. The average Bonchev–Trinajstić information content (AvgIpc) is 3.35. The molecule has 0 unspecified atom stereocenters. The highest BCUT2D eigenvalue weighted by molar-refractivity contribution is 7.64. The summed E-state index contributed by atoms with van der Waals surface area (Å²) in [7, 11) is -0.644. The number of H-pyrrole nitrogens is 1. The number of nitrogens with zero attached hydrogens (tertiary/aromatic N) is 3. The van der Waals surface area contributed by atoms with Crippen molar-refractivity contribution in [1.82, 2.24) is 15.0 Å². The Morgan fingerprint density at radius 3 is 2.60 bits per heavy atom. The van der Waals surface area contributed by atoms with Gasteiger partial charge in [-0.25, -0.2) is 9.97 Å². The number of anilines is 1. The monoisotopic (exact) mass is 431 g/mol. The zero-order valence-corrected chi connectivity index (χ0v) is 17.5. The van der Waals surface area contributed by atoms with Crippen LogP contribution in [-0.2, 0) is 6.18 Å². The summed E-state index contributed by atoms with van der Waals surface area (Å²) in [5.41, 5.74) is 0.557. The zero-order chi connectivity index (χ0) is 21.5. The fraction of sp³-hybridized carbons (Fsp3) is 0.381. The molecule has 0 bridgehead atoms. The van der Waals surface area contributed by atoms with E-state index in [1.807, 2.05) is 13.3 Å². The Labute approximate surface area is 173 Å². The second kappa shape index (κ2) is 7.88. The van der Waals surface area contributed by atoms with Crippen LogP contribution in [0, 0.1) is 11.3 Å². The van der Waals surface area contributed by atoms with Crippen LogP contribution >= 0.6 is 7.92 Å². The Morgan fingerprint density at radius 2 is 1.97 bits per heavy atom. The third-order valence-electron chi connectivity index (χ3n) is 5.43. The van der Waals surface area contributed by atoms with Crippen LogP contribution in [0.4, 0.5) is 19.1 Å². The van der Waals surface area contributed by atoms with Crippen molar-refractivity contribution in [2.24, 2.45) is 0 Å². The summed E-state index contributed by atoms with van der Waals surface area (Å²) >= 11 is 0. The largest absolute Gasteiger partial charge is 0.419 e. The molecular weight excluding hydrogens is 410 g/mol. The quantitative estimate of drug-likeness (QED) is 0.554. The number of rotatable bonds is 4. The van der Waals surface area contributed by atoms with Crippen molar-refractivity contribution >= 4 is 30.1 Å². The van der Waals surface area contributed by atoms with Crippen molar-refractivity contribution in [3.05, 3.63) is 35.7 Å². The molecule has 0 aliphatic heterocycles. The molecule has 2 N–H and O–H groups in total. The van der Waals surface area contributed by atoms with E-state index in [4.69, 9.17) is 0 Å². The molecule has 2 heterocycles. The van der Waals surface area contributed by atoms with E-state index < -0.39 is 19.7 Å². The number of halogens is 3. The number of fused-ring (bicyclic) bond motifs is 1. The topological polar surface area (TPSA) is 77.4 Å². The van der Waals surface area contributed by atoms with E-state index in [1.54, 1.807) is 18.3 Å². The lowest BCUT2D eigenvalue weighted by Gasteiger charge is -2.16. The molecule has 0 amide bonds. The first-order chi connectivity index (χ1) is 14.3. The van der Waals surface area contributed by atoms with Gasteiger partial charge in [0.1, 0.15) is 5.56 Å². The van der Waals surface area contributed by atoms with Crippen molar-refractivity contribution in [3.63, 3.8) is 0 Å². The van der Waals surface area contributed by atoms with Gasteiger partial charge in [-0.05, 0) is 32.2 Å². The number of alkyl halides is 3. The fourth-order valence-electron chi connectivity index (χ4n) is 4.05. The summed E-state index contributed by atoms with van der Waals surface area (Å²) < 4.78 is 41.3.